The van der Waals surface area contributed by atoms with E-state index in [1.807, 2.05) is 20.8 Å². The fraction of sp³-hybridized carbons (Fsp3) is 0.462. The smallest absolute Gasteiger partial charge is 0.271 e. The molecule has 0 aromatic heterocycles. The molecule has 0 heterocycles. The molecular formula is C13H20N4O3. The summed E-state index contributed by atoms with van der Waals surface area (Å²) < 4.78 is 0. The zero-order chi connectivity index (χ0) is 15.5. The van der Waals surface area contributed by atoms with E-state index in [9.17, 15) is 14.9 Å². The number of rotatable bonds is 4. The van der Waals surface area contributed by atoms with Crippen molar-refractivity contribution >= 4 is 23.0 Å². The minimum Gasteiger partial charge on any atom is -0.397 e. The lowest BCUT2D eigenvalue weighted by Gasteiger charge is -2.24. The molecule has 4 N–H and O–H groups in total. The molecule has 1 aromatic carbocycles. The number of hydrogen-bond acceptors (Lipinski definition) is 5. The van der Waals surface area contributed by atoms with Crippen LogP contribution in [0.4, 0.5) is 17.1 Å². The van der Waals surface area contributed by atoms with E-state index >= 15 is 0 Å². The van der Waals surface area contributed by atoms with Gasteiger partial charge in [-0.05, 0) is 33.8 Å². The van der Waals surface area contributed by atoms with Gasteiger partial charge in [-0.2, -0.15) is 0 Å². The van der Waals surface area contributed by atoms with Crippen LogP contribution in [0.1, 0.15) is 27.7 Å². The van der Waals surface area contributed by atoms with Gasteiger partial charge >= 0.3 is 0 Å². The van der Waals surface area contributed by atoms with E-state index in [0.29, 0.717) is 5.69 Å². The van der Waals surface area contributed by atoms with Crippen molar-refractivity contribution < 1.29 is 9.72 Å². The lowest BCUT2D eigenvalue weighted by Crippen LogP contribution is -2.47. The fourth-order valence-electron chi connectivity index (χ4n) is 1.57. The Bertz CT molecular complexity index is 523. The Morgan fingerprint density at radius 1 is 1.40 bits per heavy atom. The van der Waals surface area contributed by atoms with E-state index in [1.54, 1.807) is 6.92 Å². The van der Waals surface area contributed by atoms with Gasteiger partial charge in [0.1, 0.15) is 6.04 Å². The van der Waals surface area contributed by atoms with Crippen LogP contribution in [0.3, 0.4) is 0 Å². The molecule has 0 saturated heterocycles. The Balaban J connectivity index is 2.78. The number of anilines is 2. The second-order valence-corrected chi connectivity index (χ2v) is 5.63. The average molecular weight is 280 g/mol. The number of benzene rings is 1. The molecule has 20 heavy (non-hydrogen) atoms. The molecule has 1 amide bonds. The molecule has 0 aliphatic carbocycles. The number of nitrogen functional groups attached to an aromatic ring is 1. The Morgan fingerprint density at radius 3 is 2.45 bits per heavy atom. The van der Waals surface area contributed by atoms with Gasteiger partial charge in [-0.1, -0.05) is 0 Å². The van der Waals surface area contributed by atoms with E-state index in [2.05, 4.69) is 10.6 Å². The fourth-order valence-corrected chi connectivity index (χ4v) is 1.57. The highest BCUT2D eigenvalue weighted by atomic mass is 16.6. The highest BCUT2D eigenvalue weighted by Gasteiger charge is 2.20. The topological polar surface area (TPSA) is 110 Å². The maximum absolute atomic E-state index is 11.9. The molecule has 0 saturated carbocycles. The SMILES string of the molecule is CC(Nc1ccc([N+](=O)[O-])cc1N)C(=O)NC(C)(C)C. The number of nitrogens with two attached hydrogens (primary N) is 1. The molecule has 7 heteroatoms. The Hall–Kier alpha value is -2.31. The average Bonchev–Trinajstić information content (AvgIpc) is 2.29. The predicted octanol–water partition coefficient (Wildman–Crippen LogP) is 1.89. The maximum atomic E-state index is 11.9. The van der Waals surface area contributed by atoms with Crippen molar-refractivity contribution in [2.45, 2.75) is 39.3 Å². The van der Waals surface area contributed by atoms with Crippen LogP contribution in [0, 0.1) is 10.1 Å². The van der Waals surface area contributed by atoms with E-state index in [4.69, 9.17) is 5.73 Å². The monoisotopic (exact) mass is 280 g/mol. The molecular weight excluding hydrogens is 260 g/mol. The molecule has 0 aliphatic heterocycles. The number of nitro benzene ring substituents is 1. The standard InChI is InChI=1S/C13H20N4O3/c1-8(12(18)16-13(2,3)4)15-11-6-5-9(17(19)20)7-10(11)14/h5-8,15H,14H2,1-4H3,(H,16,18). The van der Waals surface area contributed by atoms with E-state index in [0.717, 1.165) is 0 Å². The summed E-state index contributed by atoms with van der Waals surface area (Å²) in [7, 11) is 0. The summed E-state index contributed by atoms with van der Waals surface area (Å²) in [5.41, 5.74) is 6.05. The van der Waals surface area contributed by atoms with Gasteiger partial charge in [0.05, 0.1) is 16.3 Å². The highest BCUT2D eigenvalue weighted by Crippen LogP contribution is 2.24. The third kappa shape index (κ3) is 4.42. The van der Waals surface area contributed by atoms with Crippen LogP contribution in [0.5, 0.6) is 0 Å². The summed E-state index contributed by atoms with van der Waals surface area (Å²) >= 11 is 0. The van der Waals surface area contributed by atoms with Crippen LogP contribution < -0.4 is 16.4 Å². The number of hydrogen-bond donors (Lipinski definition) is 3. The molecule has 1 unspecified atom stereocenters. The third-order valence-corrected chi connectivity index (χ3v) is 2.51. The molecule has 1 aromatic rings. The molecule has 0 fully saturated rings. The van der Waals surface area contributed by atoms with Gasteiger partial charge in [0.2, 0.25) is 5.91 Å². The van der Waals surface area contributed by atoms with Gasteiger partial charge in [0.25, 0.3) is 5.69 Å². The van der Waals surface area contributed by atoms with Crippen LogP contribution in [-0.2, 0) is 4.79 Å². The minimum absolute atomic E-state index is 0.0835. The van der Waals surface area contributed by atoms with Crippen molar-refractivity contribution in [1.29, 1.82) is 0 Å². The number of non-ortho nitro benzene ring substituents is 1. The first-order valence-corrected chi connectivity index (χ1v) is 6.22. The van der Waals surface area contributed by atoms with E-state index < -0.39 is 11.0 Å². The second kappa shape index (κ2) is 5.77. The third-order valence-electron chi connectivity index (χ3n) is 2.51. The minimum atomic E-state index is -0.518. The van der Waals surface area contributed by atoms with Crippen LogP contribution in [-0.4, -0.2) is 22.4 Å². The van der Waals surface area contributed by atoms with Gasteiger partial charge in [0.15, 0.2) is 0 Å². The predicted molar refractivity (Wildman–Crippen MR) is 78.5 cm³/mol. The van der Waals surface area contributed by atoms with Crippen LogP contribution in [0.2, 0.25) is 0 Å². The van der Waals surface area contributed by atoms with Gasteiger partial charge in [-0.3, -0.25) is 14.9 Å². The molecule has 0 radical (unpaired) electrons. The molecule has 1 rings (SSSR count). The van der Waals surface area contributed by atoms with Crippen molar-refractivity contribution in [3.8, 4) is 0 Å². The Labute approximate surface area is 117 Å². The lowest BCUT2D eigenvalue weighted by atomic mass is 10.1. The first kappa shape index (κ1) is 15.7. The van der Waals surface area contributed by atoms with Crippen molar-refractivity contribution in [1.82, 2.24) is 5.32 Å². The number of carbonyl (C=O) groups excluding carboxylic acids is 1. The molecule has 0 spiro atoms. The number of nitro groups is 1. The number of amides is 1. The summed E-state index contributed by atoms with van der Waals surface area (Å²) in [6.45, 7) is 7.36. The maximum Gasteiger partial charge on any atom is 0.271 e. The number of nitrogens with one attached hydrogen (secondary N) is 2. The zero-order valence-corrected chi connectivity index (χ0v) is 12.1. The van der Waals surface area contributed by atoms with E-state index in [1.165, 1.54) is 18.2 Å². The highest BCUT2D eigenvalue weighted by molar-refractivity contribution is 5.86. The summed E-state index contributed by atoms with van der Waals surface area (Å²) in [5, 5.41) is 16.4. The zero-order valence-electron chi connectivity index (χ0n) is 12.1. The molecule has 0 bridgehead atoms. The first-order chi connectivity index (χ1) is 9.10. The van der Waals surface area contributed by atoms with Gasteiger partial charge in [0, 0.05) is 17.7 Å². The summed E-state index contributed by atoms with van der Waals surface area (Å²) in [6.07, 6.45) is 0. The van der Waals surface area contributed by atoms with Crippen LogP contribution >= 0.6 is 0 Å². The number of carbonyl (C=O) groups is 1. The normalized spacial score (nSPS) is 12.6. The van der Waals surface area contributed by atoms with Crippen LogP contribution in [0.15, 0.2) is 18.2 Å². The molecule has 0 aliphatic rings. The quantitative estimate of drug-likeness (QED) is 0.443. The molecule has 110 valence electrons. The molecule has 1 atom stereocenters. The van der Waals surface area contributed by atoms with Gasteiger partial charge in [-0.15, -0.1) is 0 Å². The van der Waals surface area contributed by atoms with Crippen molar-refractivity contribution in [3.05, 3.63) is 28.3 Å². The largest absolute Gasteiger partial charge is 0.397 e. The molecule has 7 nitrogen and oxygen atoms in total. The Morgan fingerprint density at radius 2 is 2.00 bits per heavy atom. The van der Waals surface area contributed by atoms with E-state index in [-0.39, 0.29) is 22.8 Å². The van der Waals surface area contributed by atoms with Gasteiger partial charge in [-0.25, -0.2) is 0 Å². The van der Waals surface area contributed by atoms with Crippen molar-refractivity contribution in [3.63, 3.8) is 0 Å². The Kier molecular flexibility index (Phi) is 4.54. The van der Waals surface area contributed by atoms with Crippen LogP contribution in [0.25, 0.3) is 0 Å². The summed E-state index contributed by atoms with van der Waals surface area (Å²) in [4.78, 5) is 22.0. The second-order valence-electron chi connectivity index (χ2n) is 5.63. The lowest BCUT2D eigenvalue weighted by molar-refractivity contribution is -0.384. The van der Waals surface area contributed by atoms with Crippen molar-refractivity contribution in [2.75, 3.05) is 11.1 Å². The summed E-state index contributed by atoms with van der Waals surface area (Å²) in [6, 6.07) is 3.59. The first-order valence-electron chi connectivity index (χ1n) is 6.22. The summed E-state index contributed by atoms with van der Waals surface area (Å²) in [5.74, 6) is -0.171. The van der Waals surface area contributed by atoms with Gasteiger partial charge < -0.3 is 16.4 Å². The number of nitrogens with zero attached hydrogens (tertiary/aromatic N) is 1. The van der Waals surface area contributed by atoms with Crippen molar-refractivity contribution in [2.24, 2.45) is 0 Å².